The second kappa shape index (κ2) is 4.07. The van der Waals surface area contributed by atoms with Gasteiger partial charge in [0.25, 0.3) is 0 Å². The molecular weight excluding hydrogens is 136 g/mol. The van der Waals surface area contributed by atoms with Gasteiger partial charge < -0.3 is 11.1 Å². The van der Waals surface area contributed by atoms with Crippen LogP contribution >= 0.6 is 0 Å². The number of rotatable bonds is 4. The third-order valence-corrected chi connectivity index (χ3v) is 2.50. The molecule has 0 aromatic heterocycles. The predicted octanol–water partition coefficient (Wildman–Crippen LogP) is 1.26. The minimum atomic E-state index is 0.134. The van der Waals surface area contributed by atoms with E-state index in [9.17, 15) is 0 Å². The van der Waals surface area contributed by atoms with E-state index in [4.69, 9.17) is 5.73 Å². The van der Waals surface area contributed by atoms with Crippen molar-refractivity contribution in [3.8, 4) is 0 Å². The first-order valence-corrected chi connectivity index (χ1v) is 4.76. The highest BCUT2D eigenvalue weighted by molar-refractivity contribution is 4.90. The molecule has 0 aromatic rings. The summed E-state index contributed by atoms with van der Waals surface area (Å²) in [5, 5.41) is 3.39. The zero-order chi connectivity index (χ0) is 8.16. The molecule has 2 nitrogen and oxygen atoms in total. The molecule has 0 saturated heterocycles. The average molecular weight is 156 g/mol. The molecule has 0 aromatic carbocycles. The lowest BCUT2D eigenvalue weighted by molar-refractivity contribution is 0.406. The maximum absolute atomic E-state index is 6.14. The molecule has 3 N–H and O–H groups in total. The summed E-state index contributed by atoms with van der Waals surface area (Å²) < 4.78 is 0. The predicted molar refractivity (Wildman–Crippen MR) is 48.5 cm³/mol. The smallest absolute Gasteiger partial charge is 0.0280 e. The largest absolute Gasteiger partial charge is 0.324 e. The van der Waals surface area contributed by atoms with Gasteiger partial charge in [0.15, 0.2) is 0 Å². The van der Waals surface area contributed by atoms with Crippen molar-refractivity contribution in [3.05, 3.63) is 0 Å². The van der Waals surface area contributed by atoms with Gasteiger partial charge in [-0.2, -0.15) is 0 Å². The van der Waals surface area contributed by atoms with Crippen LogP contribution in [0.25, 0.3) is 0 Å². The van der Waals surface area contributed by atoms with E-state index in [0.29, 0.717) is 0 Å². The Labute approximate surface area is 69.5 Å². The van der Waals surface area contributed by atoms with E-state index in [1.54, 1.807) is 0 Å². The van der Waals surface area contributed by atoms with E-state index in [1.807, 2.05) is 0 Å². The van der Waals surface area contributed by atoms with Gasteiger partial charge in [-0.15, -0.1) is 0 Å². The summed E-state index contributed by atoms with van der Waals surface area (Å²) in [6, 6.07) is 0. The van der Waals surface area contributed by atoms with Gasteiger partial charge in [-0.25, -0.2) is 0 Å². The van der Waals surface area contributed by atoms with Gasteiger partial charge in [0.05, 0.1) is 0 Å². The van der Waals surface area contributed by atoms with Crippen molar-refractivity contribution in [3.63, 3.8) is 0 Å². The molecule has 1 aliphatic carbocycles. The fraction of sp³-hybridized carbons (Fsp3) is 1.00. The molecule has 1 fully saturated rings. The van der Waals surface area contributed by atoms with E-state index >= 15 is 0 Å². The van der Waals surface area contributed by atoms with E-state index in [1.165, 1.54) is 32.1 Å². The van der Waals surface area contributed by atoms with Crippen molar-refractivity contribution in [2.45, 2.75) is 44.6 Å². The number of hydrogen-bond donors (Lipinski definition) is 2. The molecule has 0 spiro atoms. The molecule has 11 heavy (non-hydrogen) atoms. The fourth-order valence-electron chi connectivity index (χ4n) is 1.77. The van der Waals surface area contributed by atoms with E-state index in [-0.39, 0.29) is 5.54 Å². The molecule has 0 heterocycles. The molecule has 0 amide bonds. The highest BCUT2D eigenvalue weighted by Crippen LogP contribution is 2.26. The molecule has 66 valence electrons. The minimum Gasteiger partial charge on any atom is -0.324 e. The van der Waals surface area contributed by atoms with Crippen LogP contribution in [0.4, 0.5) is 0 Å². The van der Waals surface area contributed by atoms with Gasteiger partial charge in [0.2, 0.25) is 0 Å². The molecule has 0 unspecified atom stereocenters. The van der Waals surface area contributed by atoms with Gasteiger partial charge in [-0.3, -0.25) is 0 Å². The van der Waals surface area contributed by atoms with Crippen LogP contribution in [0.2, 0.25) is 0 Å². The van der Waals surface area contributed by atoms with Crippen LogP contribution in [0.15, 0.2) is 0 Å². The normalized spacial score (nSPS) is 22.4. The SMILES string of the molecule is CCCNCC1(N)CCCC1. The summed E-state index contributed by atoms with van der Waals surface area (Å²) in [5.41, 5.74) is 6.27. The molecule has 0 aliphatic heterocycles. The Balaban J connectivity index is 2.13. The summed E-state index contributed by atoms with van der Waals surface area (Å²) in [7, 11) is 0. The highest BCUT2D eigenvalue weighted by Gasteiger charge is 2.28. The quantitative estimate of drug-likeness (QED) is 0.601. The van der Waals surface area contributed by atoms with Gasteiger partial charge in [0.1, 0.15) is 0 Å². The molecule has 1 rings (SSSR count). The van der Waals surface area contributed by atoms with Crippen molar-refractivity contribution in [1.29, 1.82) is 0 Å². The zero-order valence-electron chi connectivity index (χ0n) is 7.53. The first-order valence-electron chi connectivity index (χ1n) is 4.76. The Hall–Kier alpha value is -0.0800. The van der Waals surface area contributed by atoms with E-state index in [2.05, 4.69) is 12.2 Å². The maximum Gasteiger partial charge on any atom is 0.0280 e. The second-order valence-corrected chi connectivity index (χ2v) is 3.75. The van der Waals surface area contributed by atoms with Crippen molar-refractivity contribution in [2.75, 3.05) is 13.1 Å². The van der Waals surface area contributed by atoms with Crippen molar-refractivity contribution < 1.29 is 0 Å². The van der Waals surface area contributed by atoms with Crippen LogP contribution < -0.4 is 11.1 Å². The molecular formula is C9H20N2. The summed E-state index contributed by atoms with van der Waals surface area (Å²) >= 11 is 0. The molecule has 0 radical (unpaired) electrons. The first kappa shape index (κ1) is 9.01. The van der Waals surface area contributed by atoms with Crippen molar-refractivity contribution >= 4 is 0 Å². The zero-order valence-corrected chi connectivity index (χ0v) is 7.53. The molecule has 0 bridgehead atoms. The summed E-state index contributed by atoms with van der Waals surface area (Å²) in [6.45, 7) is 4.31. The van der Waals surface area contributed by atoms with Gasteiger partial charge in [0, 0.05) is 12.1 Å². The minimum absolute atomic E-state index is 0.134. The second-order valence-electron chi connectivity index (χ2n) is 3.75. The average Bonchev–Trinajstić information content (AvgIpc) is 2.38. The van der Waals surface area contributed by atoms with Gasteiger partial charge in [-0.05, 0) is 25.8 Å². The Bertz CT molecular complexity index is 106. The summed E-state index contributed by atoms with van der Waals surface area (Å²) in [6.07, 6.45) is 6.28. The monoisotopic (exact) mass is 156 g/mol. The third kappa shape index (κ3) is 2.80. The van der Waals surface area contributed by atoms with Gasteiger partial charge in [-0.1, -0.05) is 19.8 Å². The number of hydrogen-bond acceptors (Lipinski definition) is 2. The highest BCUT2D eigenvalue weighted by atomic mass is 14.9. The van der Waals surface area contributed by atoms with Crippen molar-refractivity contribution in [1.82, 2.24) is 5.32 Å². The van der Waals surface area contributed by atoms with Gasteiger partial charge >= 0.3 is 0 Å². The Morgan fingerprint density at radius 2 is 2.00 bits per heavy atom. The van der Waals surface area contributed by atoms with Crippen LogP contribution in [0, 0.1) is 0 Å². The Kier molecular flexibility index (Phi) is 3.34. The van der Waals surface area contributed by atoms with Crippen LogP contribution in [-0.4, -0.2) is 18.6 Å². The Morgan fingerprint density at radius 3 is 2.55 bits per heavy atom. The van der Waals surface area contributed by atoms with E-state index in [0.717, 1.165) is 13.1 Å². The first-order chi connectivity index (χ1) is 5.27. The fourth-order valence-corrected chi connectivity index (χ4v) is 1.77. The molecule has 1 aliphatic rings. The summed E-state index contributed by atoms with van der Waals surface area (Å²) in [4.78, 5) is 0. The maximum atomic E-state index is 6.14. The van der Waals surface area contributed by atoms with Crippen molar-refractivity contribution in [2.24, 2.45) is 5.73 Å². The van der Waals surface area contributed by atoms with Crippen LogP contribution in [0.1, 0.15) is 39.0 Å². The lowest BCUT2D eigenvalue weighted by Gasteiger charge is -2.23. The lowest BCUT2D eigenvalue weighted by Crippen LogP contribution is -2.46. The molecule has 2 heteroatoms. The standard InChI is InChI=1S/C9H20N2/c1-2-7-11-8-9(10)5-3-4-6-9/h11H,2-8,10H2,1H3. The van der Waals surface area contributed by atoms with E-state index < -0.39 is 0 Å². The molecule has 1 saturated carbocycles. The topological polar surface area (TPSA) is 38.0 Å². The third-order valence-electron chi connectivity index (χ3n) is 2.50. The lowest BCUT2D eigenvalue weighted by atomic mass is 9.99. The van der Waals surface area contributed by atoms with Crippen LogP contribution in [0.3, 0.4) is 0 Å². The number of nitrogens with one attached hydrogen (secondary N) is 1. The molecule has 0 atom stereocenters. The summed E-state index contributed by atoms with van der Waals surface area (Å²) in [5.74, 6) is 0. The van der Waals surface area contributed by atoms with Crippen LogP contribution in [0.5, 0.6) is 0 Å². The van der Waals surface area contributed by atoms with Crippen LogP contribution in [-0.2, 0) is 0 Å². The number of nitrogens with two attached hydrogens (primary N) is 1. The Morgan fingerprint density at radius 1 is 1.36 bits per heavy atom.